The van der Waals surface area contributed by atoms with E-state index in [1.54, 1.807) is 0 Å². The average Bonchev–Trinajstić information content (AvgIpc) is 2.74. The maximum Gasteiger partial charge on any atom is 0.205 e. The van der Waals surface area contributed by atoms with Crippen molar-refractivity contribution in [3.8, 4) is 0 Å². The average molecular weight is 324 g/mol. The maximum atomic E-state index is 13.1. The number of carbonyl (C=O) groups excluding carboxylic acids is 1. The Morgan fingerprint density at radius 3 is 2.22 bits per heavy atom. The molecule has 1 aromatic carbocycles. The molecule has 2 aromatic heterocycles. The molecule has 0 fully saturated rings. The van der Waals surface area contributed by atoms with Gasteiger partial charge in [-0.05, 0) is 57.4 Å². The second-order valence-corrected chi connectivity index (χ2v) is 7.21. The van der Waals surface area contributed by atoms with Crippen LogP contribution < -0.4 is 5.73 Å². The number of nitrogens with two attached hydrogens (primary N) is 1. The second kappa shape index (κ2) is 5.46. The minimum atomic E-state index is -0.00227. The fraction of sp³-hybridized carbons (Fsp3) is 0.263. The van der Waals surface area contributed by atoms with Gasteiger partial charge in [0.2, 0.25) is 5.78 Å². The molecule has 0 unspecified atom stereocenters. The van der Waals surface area contributed by atoms with Gasteiger partial charge in [0.05, 0.1) is 5.69 Å². The molecule has 0 atom stereocenters. The number of pyridine rings is 1. The van der Waals surface area contributed by atoms with Crippen LogP contribution in [0.15, 0.2) is 18.2 Å². The summed E-state index contributed by atoms with van der Waals surface area (Å²) in [4.78, 5) is 19.1. The summed E-state index contributed by atoms with van der Waals surface area (Å²) >= 11 is 1.39. The topological polar surface area (TPSA) is 56.0 Å². The summed E-state index contributed by atoms with van der Waals surface area (Å²) in [7, 11) is 0. The lowest BCUT2D eigenvalue weighted by Crippen LogP contribution is -2.07. The number of hydrogen-bond donors (Lipinski definition) is 1. The molecule has 3 aromatic rings. The Morgan fingerprint density at radius 2 is 1.61 bits per heavy atom. The molecule has 0 radical (unpaired) electrons. The zero-order valence-corrected chi connectivity index (χ0v) is 14.9. The van der Waals surface area contributed by atoms with Crippen molar-refractivity contribution in [2.45, 2.75) is 34.6 Å². The number of aryl methyl sites for hydroxylation is 5. The highest BCUT2D eigenvalue weighted by Gasteiger charge is 2.22. The van der Waals surface area contributed by atoms with Crippen LogP contribution in [0.2, 0.25) is 0 Å². The Balaban J connectivity index is 2.24. The van der Waals surface area contributed by atoms with Gasteiger partial charge in [-0.2, -0.15) is 0 Å². The lowest BCUT2D eigenvalue weighted by molar-refractivity contribution is 0.104. The SMILES string of the molecule is Cc1cc(C)c(C(=O)c2sc3nc(C)cc(C)c3c2N)c(C)c1. The van der Waals surface area contributed by atoms with E-state index in [9.17, 15) is 4.79 Å². The minimum Gasteiger partial charge on any atom is -0.397 e. The maximum absolute atomic E-state index is 13.1. The number of rotatable bonds is 2. The first-order chi connectivity index (χ1) is 10.8. The van der Waals surface area contributed by atoms with Crippen molar-refractivity contribution in [3.63, 3.8) is 0 Å². The molecule has 2 heterocycles. The van der Waals surface area contributed by atoms with Crippen LogP contribution in [-0.2, 0) is 0 Å². The van der Waals surface area contributed by atoms with E-state index in [4.69, 9.17) is 5.73 Å². The summed E-state index contributed by atoms with van der Waals surface area (Å²) in [5.74, 6) is -0.00227. The van der Waals surface area contributed by atoms with E-state index >= 15 is 0 Å². The number of ketones is 1. The molecule has 3 nitrogen and oxygen atoms in total. The van der Waals surface area contributed by atoms with Gasteiger partial charge in [0, 0.05) is 16.6 Å². The molecule has 3 rings (SSSR count). The number of thiophene rings is 1. The molecule has 0 saturated heterocycles. The smallest absolute Gasteiger partial charge is 0.205 e. The number of carbonyl (C=O) groups is 1. The van der Waals surface area contributed by atoms with E-state index in [0.717, 1.165) is 43.7 Å². The molecule has 0 aliphatic rings. The third-order valence-corrected chi connectivity index (χ3v) is 5.23. The largest absolute Gasteiger partial charge is 0.397 e. The van der Waals surface area contributed by atoms with Gasteiger partial charge < -0.3 is 5.73 Å². The Morgan fingerprint density at radius 1 is 1.00 bits per heavy atom. The van der Waals surface area contributed by atoms with Crippen molar-refractivity contribution >= 4 is 33.0 Å². The summed E-state index contributed by atoms with van der Waals surface area (Å²) < 4.78 is 0. The van der Waals surface area contributed by atoms with Gasteiger partial charge in [0.1, 0.15) is 9.71 Å². The van der Waals surface area contributed by atoms with Gasteiger partial charge in [0.25, 0.3) is 0 Å². The fourth-order valence-corrected chi connectivity index (χ4v) is 4.45. The zero-order valence-electron chi connectivity index (χ0n) is 14.1. The van der Waals surface area contributed by atoms with E-state index < -0.39 is 0 Å². The predicted molar refractivity (Wildman–Crippen MR) is 97.6 cm³/mol. The molecule has 0 spiro atoms. The lowest BCUT2D eigenvalue weighted by atomic mass is 9.95. The van der Waals surface area contributed by atoms with Crippen LogP contribution in [0.4, 0.5) is 5.69 Å². The predicted octanol–water partition coefficient (Wildman–Crippen LogP) is 4.65. The number of nitrogens with zero attached hydrogens (tertiary/aromatic N) is 1. The molecule has 23 heavy (non-hydrogen) atoms. The van der Waals surface area contributed by atoms with Gasteiger partial charge in [0.15, 0.2) is 0 Å². The standard InChI is InChI=1S/C19H20N2OS/c1-9-6-10(2)14(11(3)7-9)17(22)18-16(20)15-12(4)8-13(5)21-19(15)23-18/h6-8H,20H2,1-5H3. The van der Waals surface area contributed by atoms with Crippen molar-refractivity contribution in [1.82, 2.24) is 4.98 Å². The van der Waals surface area contributed by atoms with Crippen LogP contribution in [0.3, 0.4) is 0 Å². The first-order valence-electron chi connectivity index (χ1n) is 7.58. The van der Waals surface area contributed by atoms with Crippen molar-refractivity contribution in [2.75, 3.05) is 5.73 Å². The number of aromatic nitrogens is 1. The third kappa shape index (κ3) is 2.53. The van der Waals surface area contributed by atoms with Crippen LogP contribution >= 0.6 is 11.3 Å². The minimum absolute atomic E-state index is 0.00227. The molecular formula is C19H20N2OS. The summed E-state index contributed by atoms with van der Waals surface area (Å²) in [6, 6.07) is 6.08. The van der Waals surface area contributed by atoms with Gasteiger partial charge in [-0.3, -0.25) is 4.79 Å². The lowest BCUT2D eigenvalue weighted by Gasteiger charge is -2.10. The summed E-state index contributed by atoms with van der Waals surface area (Å²) in [6.45, 7) is 9.96. The second-order valence-electron chi connectivity index (χ2n) is 6.21. The number of benzene rings is 1. The number of fused-ring (bicyclic) bond motifs is 1. The Hall–Kier alpha value is -2.20. The van der Waals surface area contributed by atoms with Gasteiger partial charge in [-0.15, -0.1) is 11.3 Å². The summed E-state index contributed by atoms with van der Waals surface area (Å²) in [6.07, 6.45) is 0. The van der Waals surface area contributed by atoms with Crippen molar-refractivity contribution < 1.29 is 4.79 Å². The number of anilines is 1. The van der Waals surface area contributed by atoms with E-state index in [2.05, 4.69) is 4.98 Å². The number of nitrogen functional groups attached to an aromatic ring is 1. The normalized spacial score (nSPS) is 11.2. The molecule has 0 aliphatic carbocycles. The Kier molecular flexibility index (Phi) is 3.72. The van der Waals surface area contributed by atoms with E-state index in [0.29, 0.717) is 10.6 Å². The third-order valence-electron chi connectivity index (χ3n) is 4.13. The highest BCUT2D eigenvalue weighted by atomic mass is 32.1. The monoisotopic (exact) mass is 324 g/mol. The van der Waals surface area contributed by atoms with Crippen LogP contribution in [0.25, 0.3) is 10.2 Å². The van der Waals surface area contributed by atoms with E-state index in [-0.39, 0.29) is 5.78 Å². The highest BCUT2D eigenvalue weighted by Crippen LogP contribution is 2.37. The van der Waals surface area contributed by atoms with E-state index in [1.165, 1.54) is 11.3 Å². The van der Waals surface area contributed by atoms with Crippen LogP contribution in [0, 0.1) is 34.6 Å². The van der Waals surface area contributed by atoms with Gasteiger partial charge >= 0.3 is 0 Å². The van der Waals surface area contributed by atoms with E-state index in [1.807, 2.05) is 52.8 Å². The highest BCUT2D eigenvalue weighted by molar-refractivity contribution is 7.21. The van der Waals surface area contributed by atoms with Gasteiger partial charge in [-0.25, -0.2) is 4.98 Å². The Labute approximate surface area is 140 Å². The van der Waals surface area contributed by atoms with Crippen molar-refractivity contribution in [1.29, 1.82) is 0 Å². The number of hydrogen-bond acceptors (Lipinski definition) is 4. The molecule has 0 saturated carbocycles. The molecule has 0 bridgehead atoms. The van der Waals surface area contributed by atoms with Crippen LogP contribution in [0.5, 0.6) is 0 Å². The molecule has 0 amide bonds. The van der Waals surface area contributed by atoms with Crippen LogP contribution in [-0.4, -0.2) is 10.8 Å². The quantitative estimate of drug-likeness (QED) is 0.698. The molecule has 118 valence electrons. The van der Waals surface area contributed by atoms with Gasteiger partial charge in [-0.1, -0.05) is 17.7 Å². The first kappa shape index (κ1) is 15.7. The van der Waals surface area contributed by atoms with Crippen molar-refractivity contribution in [3.05, 3.63) is 56.6 Å². The first-order valence-corrected chi connectivity index (χ1v) is 8.40. The summed E-state index contributed by atoms with van der Waals surface area (Å²) in [5, 5.41) is 0.909. The van der Waals surface area contributed by atoms with Crippen molar-refractivity contribution in [2.24, 2.45) is 0 Å². The summed E-state index contributed by atoms with van der Waals surface area (Å²) in [5.41, 5.74) is 12.8. The van der Waals surface area contributed by atoms with Crippen LogP contribution in [0.1, 0.15) is 43.2 Å². The zero-order chi connectivity index (χ0) is 16.9. The molecule has 4 heteroatoms. The molecular weight excluding hydrogens is 304 g/mol. The molecule has 2 N–H and O–H groups in total. The Bertz CT molecular complexity index is 931. The molecule has 0 aliphatic heterocycles. The fourth-order valence-electron chi connectivity index (χ4n) is 3.29.